The van der Waals surface area contributed by atoms with Crippen molar-refractivity contribution in [1.29, 1.82) is 0 Å². The monoisotopic (exact) mass is 378 g/mol. The summed E-state index contributed by atoms with van der Waals surface area (Å²) in [6, 6.07) is 15.4. The van der Waals surface area contributed by atoms with Crippen LogP contribution in [0.3, 0.4) is 0 Å². The first-order chi connectivity index (χ1) is 12.0. The predicted molar refractivity (Wildman–Crippen MR) is 93.0 cm³/mol. The molecule has 8 heteroatoms. The van der Waals surface area contributed by atoms with Crippen LogP contribution in [0.4, 0.5) is 10.1 Å². The zero-order valence-corrected chi connectivity index (χ0v) is 14.3. The minimum atomic E-state index is -4.27. The van der Waals surface area contributed by atoms with Gasteiger partial charge in [-0.15, -0.1) is 0 Å². The maximum atomic E-state index is 13.9. The van der Waals surface area contributed by atoms with Crippen molar-refractivity contribution in [2.75, 3.05) is 4.72 Å². The molecule has 0 spiro atoms. The van der Waals surface area contributed by atoms with Gasteiger partial charge in [0.15, 0.2) is 0 Å². The lowest BCUT2D eigenvalue weighted by molar-refractivity contribution is 0.465. The largest absolute Gasteiger partial charge is 0.437 e. The molecular weight excluding hydrogens is 367 g/mol. The van der Waals surface area contributed by atoms with Crippen LogP contribution in [0, 0.1) is 5.82 Å². The van der Waals surface area contributed by atoms with E-state index < -0.39 is 20.7 Å². The van der Waals surface area contributed by atoms with Crippen molar-refractivity contribution in [3.8, 4) is 11.6 Å². The van der Waals surface area contributed by atoms with E-state index in [2.05, 4.69) is 9.71 Å². The van der Waals surface area contributed by atoms with E-state index in [0.717, 1.165) is 6.07 Å². The molecule has 0 atom stereocenters. The summed E-state index contributed by atoms with van der Waals surface area (Å²) in [6.45, 7) is 0. The summed E-state index contributed by atoms with van der Waals surface area (Å²) in [5.41, 5.74) is 0.0608. The molecule has 128 valence electrons. The van der Waals surface area contributed by atoms with Crippen LogP contribution in [0.5, 0.6) is 11.6 Å². The van der Waals surface area contributed by atoms with Gasteiger partial charge in [-0.05, 0) is 36.4 Å². The van der Waals surface area contributed by atoms with E-state index in [4.69, 9.17) is 16.3 Å². The van der Waals surface area contributed by atoms with E-state index in [0.29, 0.717) is 5.75 Å². The highest BCUT2D eigenvalue weighted by molar-refractivity contribution is 7.92. The second-order valence-electron chi connectivity index (χ2n) is 4.93. The summed E-state index contributed by atoms with van der Waals surface area (Å²) >= 11 is 5.84. The number of nitrogens with one attached hydrogen (secondary N) is 1. The molecule has 2 aromatic carbocycles. The number of ether oxygens (including phenoxy) is 1. The van der Waals surface area contributed by atoms with Gasteiger partial charge in [0.1, 0.15) is 22.1 Å². The molecule has 0 unspecified atom stereocenters. The van der Waals surface area contributed by atoms with Crippen LogP contribution in [0.1, 0.15) is 0 Å². The third-order valence-electron chi connectivity index (χ3n) is 3.16. The van der Waals surface area contributed by atoms with Crippen molar-refractivity contribution >= 4 is 27.3 Å². The number of rotatable bonds is 5. The first-order valence-electron chi connectivity index (χ1n) is 7.12. The Balaban J connectivity index is 1.96. The van der Waals surface area contributed by atoms with Gasteiger partial charge in [-0.2, -0.15) is 0 Å². The second-order valence-corrected chi connectivity index (χ2v) is 6.95. The molecule has 0 saturated carbocycles. The number of benzene rings is 2. The van der Waals surface area contributed by atoms with Crippen LogP contribution >= 0.6 is 11.6 Å². The van der Waals surface area contributed by atoms with Gasteiger partial charge >= 0.3 is 0 Å². The zero-order chi connectivity index (χ0) is 17.9. The molecule has 0 bridgehead atoms. The van der Waals surface area contributed by atoms with E-state index in [-0.39, 0.29) is 16.6 Å². The van der Waals surface area contributed by atoms with Gasteiger partial charge in [0.2, 0.25) is 5.88 Å². The number of hydrogen-bond donors (Lipinski definition) is 1. The Morgan fingerprint density at radius 1 is 1.00 bits per heavy atom. The fraction of sp³-hybridized carbons (Fsp3) is 0. The first-order valence-corrected chi connectivity index (χ1v) is 8.98. The number of aromatic nitrogens is 1. The summed E-state index contributed by atoms with van der Waals surface area (Å²) in [4.78, 5) is 3.39. The molecule has 0 radical (unpaired) electrons. The highest BCUT2D eigenvalue weighted by Gasteiger charge is 2.24. The third kappa shape index (κ3) is 3.89. The van der Waals surface area contributed by atoms with Crippen LogP contribution in [0.2, 0.25) is 5.02 Å². The molecule has 5 nitrogen and oxygen atoms in total. The molecule has 3 rings (SSSR count). The van der Waals surface area contributed by atoms with E-state index in [9.17, 15) is 12.8 Å². The number of nitrogens with zero attached hydrogens (tertiary/aromatic N) is 1. The van der Waals surface area contributed by atoms with Crippen molar-refractivity contribution in [2.45, 2.75) is 4.90 Å². The molecule has 0 aliphatic rings. The average Bonchev–Trinajstić information content (AvgIpc) is 2.57. The molecule has 0 amide bonds. The molecule has 0 aliphatic heterocycles. The lowest BCUT2D eigenvalue weighted by Gasteiger charge is -2.13. The Morgan fingerprint density at radius 3 is 2.48 bits per heavy atom. The van der Waals surface area contributed by atoms with Crippen molar-refractivity contribution in [2.24, 2.45) is 0 Å². The van der Waals surface area contributed by atoms with Gasteiger partial charge in [0.05, 0.1) is 5.02 Å². The number of para-hydroxylation sites is 1. The lowest BCUT2D eigenvalue weighted by Crippen LogP contribution is -2.16. The van der Waals surface area contributed by atoms with Gasteiger partial charge in [0.25, 0.3) is 10.0 Å². The number of pyridine rings is 1. The van der Waals surface area contributed by atoms with Crippen LogP contribution in [0.25, 0.3) is 0 Å². The Kier molecular flexibility index (Phi) is 4.87. The van der Waals surface area contributed by atoms with Crippen LogP contribution in [-0.4, -0.2) is 13.4 Å². The molecule has 25 heavy (non-hydrogen) atoms. The van der Waals surface area contributed by atoms with Gasteiger partial charge in [0, 0.05) is 6.20 Å². The summed E-state index contributed by atoms with van der Waals surface area (Å²) in [6.07, 6.45) is 1.45. The van der Waals surface area contributed by atoms with Gasteiger partial charge in [-0.25, -0.2) is 17.8 Å². The van der Waals surface area contributed by atoms with Crippen molar-refractivity contribution in [3.63, 3.8) is 0 Å². The Bertz CT molecular complexity index is 978. The number of sulfonamides is 1. The minimum Gasteiger partial charge on any atom is -0.437 e. The highest BCUT2D eigenvalue weighted by atomic mass is 35.5. The average molecular weight is 379 g/mol. The molecular formula is C17H12ClFN2O3S. The first kappa shape index (κ1) is 17.2. The molecule has 1 N–H and O–H groups in total. The maximum absolute atomic E-state index is 13.9. The van der Waals surface area contributed by atoms with E-state index in [1.54, 1.807) is 24.3 Å². The zero-order valence-electron chi connectivity index (χ0n) is 12.7. The number of hydrogen-bond acceptors (Lipinski definition) is 4. The SMILES string of the molecule is O=S(=O)(Nc1cccnc1Oc1ccccc1)c1c(F)cccc1Cl. The second kappa shape index (κ2) is 7.08. The van der Waals surface area contributed by atoms with Gasteiger partial charge in [-0.3, -0.25) is 4.72 Å². The van der Waals surface area contributed by atoms with Crippen molar-refractivity contribution in [1.82, 2.24) is 4.98 Å². The Hall–Kier alpha value is -2.64. The molecule has 0 fully saturated rings. The van der Waals surface area contributed by atoms with Crippen LogP contribution in [-0.2, 0) is 10.0 Å². The quantitative estimate of drug-likeness (QED) is 0.711. The summed E-state index contributed by atoms with van der Waals surface area (Å²) in [5.74, 6) is -0.440. The van der Waals surface area contributed by atoms with Crippen molar-refractivity contribution in [3.05, 3.63) is 77.7 Å². The Morgan fingerprint density at radius 2 is 1.76 bits per heavy atom. The predicted octanol–water partition coefficient (Wildman–Crippen LogP) is 4.47. The smallest absolute Gasteiger partial charge is 0.266 e. The van der Waals surface area contributed by atoms with Gasteiger partial charge < -0.3 is 4.74 Å². The Labute approximate surface area is 149 Å². The topological polar surface area (TPSA) is 68.3 Å². The number of halogens is 2. The maximum Gasteiger partial charge on any atom is 0.266 e. The van der Waals surface area contributed by atoms with Crippen LogP contribution in [0.15, 0.2) is 71.8 Å². The van der Waals surface area contributed by atoms with E-state index >= 15 is 0 Å². The van der Waals surface area contributed by atoms with E-state index in [1.165, 1.54) is 30.5 Å². The van der Waals surface area contributed by atoms with Gasteiger partial charge in [-0.1, -0.05) is 35.9 Å². The molecule has 0 aliphatic carbocycles. The lowest BCUT2D eigenvalue weighted by atomic mass is 10.3. The molecule has 0 saturated heterocycles. The standard InChI is InChI=1S/C17H12ClFN2O3S/c18-13-8-4-9-14(19)16(13)25(22,23)21-15-10-5-11-20-17(15)24-12-6-2-1-3-7-12/h1-11,21H. The highest BCUT2D eigenvalue weighted by Crippen LogP contribution is 2.31. The summed E-state index contributed by atoms with van der Waals surface area (Å²) < 4.78 is 46.9. The fourth-order valence-corrected chi connectivity index (χ4v) is 3.75. The fourth-order valence-electron chi connectivity index (χ4n) is 2.09. The molecule has 1 aromatic heterocycles. The van der Waals surface area contributed by atoms with Crippen LogP contribution < -0.4 is 9.46 Å². The van der Waals surface area contributed by atoms with E-state index in [1.807, 2.05) is 6.07 Å². The third-order valence-corrected chi connectivity index (χ3v) is 5.03. The molecule has 3 aromatic rings. The summed E-state index contributed by atoms with van der Waals surface area (Å²) in [7, 11) is -4.27. The summed E-state index contributed by atoms with van der Waals surface area (Å²) in [5, 5.41) is -0.220. The normalized spacial score (nSPS) is 11.1. The number of anilines is 1. The van der Waals surface area contributed by atoms with Crippen molar-refractivity contribution < 1.29 is 17.5 Å². The molecule has 1 heterocycles. The minimum absolute atomic E-state index is 0.0322.